The van der Waals surface area contributed by atoms with Crippen LogP contribution in [-0.2, 0) is 6.54 Å². The third kappa shape index (κ3) is 5.13. The van der Waals surface area contributed by atoms with Crippen molar-refractivity contribution in [1.29, 1.82) is 0 Å². The van der Waals surface area contributed by atoms with Gasteiger partial charge >= 0.3 is 12.3 Å². The SMILES string of the molecule is CCOc1cc(C(=O)NCCn2cc([N+](=O)[O-])cn2)ccc1OC(F)F. The quantitative estimate of drug-likeness (QED) is 0.536. The molecule has 26 heavy (non-hydrogen) atoms. The van der Waals surface area contributed by atoms with Crippen molar-refractivity contribution >= 4 is 11.6 Å². The first-order valence-corrected chi connectivity index (χ1v) is 7.57. The Labute approximate surface area is 146 Å². The highest BCUT2D eigenvalue weighted by Gasteiger charge is 2.15. The second kappa shape index (κ2) is 8.74. The van der Waals surface area contributed by atoms with Gasteiger partial charge in [0.05, 0.1) is 18.1 Å². The molecule has 0 aliphatic heterocycles. The number of nitrogens with one attached hydrogen (secondary N) is 1. The normalized spacial score (nSPS) is 10.6. The first kappa shape index (κ1) is 19.1. The Kier molecular flexibility index (Phi) is 6.42. The number of ether oxygens (including phenoxy) is 2. The molecule has 140 valence electrons. The molecule has 0 radical (unpaired) electrons. The fourth-order valence-electron chi connectivity index (χ4n) is 2.07. The van der Waals surface area contributed by atoms with Gasteiger partial charge in [-0.2, -0.15) is 13.9 Å². The summed E-state index contributed by atoms with van der Waals surface area (Å²) in [6, 6.07) is 3.85. The highest BCUT2D eigenvalue weighted by atomic mass is 19.3. The summed E-state index contributed by atoms with van der Waals surface area (Å²) in [6.07, 6.45) is 2.35. The second-order valence-electron chi connectivity index (χ2n) is 4.95. The first-order chi connectivity index (χ1) is 12.4. The van der Waals surface area contributed by atoms with Crippen LogP contribution in [0.5, 0.6) is 11.5 Å². The summed E-state index contributed by atoms with van der Waals surface area (Å²) in [5.41, 5.74) is 0.0498. The summed E-state index contributed by atoms with van der Waals surface area (Å²) < 4.78 is 35.6. The van der Waals surface area contributed by atoms with Crippen LogP contribution >= 0.6 is 0 Å². The predicted molar refractivity (Wildman–Crippen MR) is 85.5 cm³/mol. The largest absolute Gasteiger partial charge is 0.490 e. The van der Waals surface area contributed by atoms with Crippen molar-refractivity contribution in [2.45, 2.75) is 20.1 Å². The van der Waals surface area contributed by atoms with Crippen LogP contribution in [0.25, 0.3) is 0 Å². The molecule has 0 atom stereocenters. The standard InChI is InChI=1S/C15H16F2N4O5/c1-2-25-13-7-10(3-4-12(13)26-15(16)17)14(22)18-5-6-20-9-11(8-19-20)21(23)24/h3-4,7-9,15H,2,5-6H2,1H3,(H,18,22). The number of benzene rings is 1. The minimum absolute atomic E-state index is 0.0307. The van der Waals surface area contributed by atoms with Crippen LogP contribution in [0.15, 0.2) is 30.6 Å². The number of hydrogen-bond donors (Lipinski definition) is 1. The third-order valence-corrected chi connectivity index (χ3v) is 3.18. The summed E-state index contributed by atoms with van der Waals surface area (Å²) in [4.78, 5) is 22.1. The Hall–Kier alpha value is -3.24. The Bertz CT molecular complexity index is 781. The van der Waals surface area contributed by atoms with Crippen LogP contribution in [-0.4, -0.2) is 40.4 Å². The molecule has 1 aromatic heterocycles. The smallest absolute Gasteiger partial charge is 0.387 e. The van der Waals surface area contributed by atoms with E-state index in [1.807, 2.05) is 0 Å². The van der Waals surface area contributed by atoms with Gasteiger partial charge < -0.3 is 14.8 Å². The van der Waals surface area contributed by atoms with Crippen molar-refractivity contribution in [2.24, 2.45) is 0 Å². The number of aromatic nitrogens is 2. The lowest BCUT2D eigenvalue weighted by Crippen LogP contribution is -2.27. The van der Waals surface area contributed by atoms with Gasteiger partial charge in [-0.25, -0.2) is 0 Å². The number of alkyl halides is 2. The number of nitrogens with zero attached hydrogens (tertiary/aromatic N) is 3. The summed E-state index contributed by atoms with van der Waals surface area (Å²) in [5.74, 6) is -0.596. The van der Waals surface area contributed by atoms with Crippen LogP contribution in [0.2, 0.25) is 0 Å². The minimum atomic E-state index is -3.01. The van der Waals surface area contributed by atoms with E-state index in [1.54, 1.807) is 6.92 Å². The molecule has 0 unspecified atom stereocenters. The number of halogens is 2. The molecular formula is C15H16F2N4O5. The fourth-order valence-corrected chi connectivity index (χ4v) is 2.07. The van der Waals surface area contributed by atoms with Gasteiger partial charge in [0.25, 0.3) is 5.91 Å². The zero-order valence-corrected chi connectivity index (χ0v) is 13.7. The predicted octanol–water partition coefficient (Wildman–Crippen LogP) is 2.22. The zero-order valence-electron chi connectivity index (χ0n) is 13.7. The van der Waals surface area contributed by atoms with E-state index >= 15 is 0 Å². The minimum Gasteiger partial charge on any atom is -0.490 e. The molecule has 1 heterocycles. The number of amides is 1. The molecule has 1 aromatic carbocycles. The van der Waals surface area contributed by atoms with Crippen LogP contribution in [0, 0.1) is 10.1 Å². The topological polar surface area (TPSA) is 109 Å². The summed E-state index contributed by atoms with van der Waals surface area (Å²) >= 11 is 0. The Balaban J connectivity index is 1.97. The Morgan fingerprint density at radius 2 is 2.19 bits per heavy atom. The van der Waals surface area contributed by atoms with Crippen molar-refractivity contribution in [1.82, 2.24) is 15.1 Å². The first-order valence-electron chi connectivity index (χ1n) is 7.57. The lowest BCUT2D eigenvalue weighted by Gasteiger charge is -2.12. The monoisotopic (exact) mass is 370 g/mol. The van der Waals surface area contributed by atoms with Gasteiger partial charge in [0.15, 0.2) is 11.5 Å². The van der Waals surface area contributed by atoms with E-state index in [2.05, 4.69) is 15.2 Å². The average molecular weight is 370 g/mol. The molecule has 2 rings (SSSR count). The van der Waals surface area contributed by atoms with Crippen molar-refractivity contribution in [3.8, 4) is 11.5 Å². The van der Waals surface area contributed by atoms with E-state index < -0.39 is 17.4 Å². The second-order valence-corrected chi connectivity index (χ2v) is 4.95. The van der Waals surface area contributed by atoms with Crippen LogP contribution in [0.1, 0.15) is 17.3 Å². The van der Waals surface area contributed by atoms with E-state index in [0.29, 0.717) is 0 Å². The van der Waals surface area contributed by atoms with Crippen molar-refractivity contribution < 1.29 is 28.0 Å². The van der Waals surface area contributed by atoms with Crippen LogP contribution < -0.4 is 14.8 Å². The van der Waals surface area contributed by atoms with Gasteiger partial charge in [-0.3, -0.25) is 19.6 Å². The molecule has 0 saturated carbocycles. The number of carbonyl (C=O) groups is 1. The van der Waals surface area contributed by atoms with E-state index in [-0.39, 0.29) is 42.4 Å². The highest BCUT2D eigenvalue weighted by molar-refractivity contribution is 5.94. The summed E-state index contributed by atoms with van der Waals surface area (Å²) in [7, 11) is 0. The molecule has 9 nitrogen and oxygen atoms in total. The van der Waals surface area contributed by atoms with Gasteiger partial charge in [0.2, 0.25) is 0 Å². The summed E-state index contributed by atoms with van der Waals surface area (Å²) in [6.45, 7) is -0.737. The molecule has 1 N–H and O–H groups in total. The Morgan fingerprint density at radius 1 is 1.42 bits per heavy atom. The molecule has 0 spiro atoms. The van der Waals surface area contributed by atoms with Gasteiger partial charge in [-0.05, 0) is 25.1 Å². The highest BCUT2D eigenvalue weighted by Crippen LogP contribution is 2.29. The molecule has 0 aliphatic rings. The molecule has 0 aliphatic carbocycles. The molecule has 1 amide bonds. The number of hydrogen-bond acceptors (Lipinski definition) is 6. The molecule has 0 bridgehead atoms. The molecule has 11 heteroatoms. The van der Waals surface area contributed by atoms with Gasteiger partial charge in [0.1, 0.15) is 12.4 Å². The van der Waals surface area contributed by atoms with Gasteiger partial charge in [0, 0.05) is 12.1 Å². The fraction of sp³-hybridized carbons (Fsp3) is 0.333. The lowest BCUT2D eigenvalue weighted by molar-refractivity contribution is -0.385. The third-order valence-electron chi connectivity index (χ3n) is 3.18. The van der Waals surface area contributed by atoms with Crippen LogP contribution in [0.3, 0.4) is 0 Å². The molecular weight excluding hydrogens is 354 g/mol. The molecule has 2 aromatic rings. The maximum Gasteiger partial charge on any atom is 0.387 e. The van der Waals surface area contributed by atoms with Crippen molar-refractivity contribution in [3.63, 3.8) is 0 Å². The van der Waals surface area contributed by atoms with Crippen molar-refractivity contribution in [3.05, 3.63) is 46.3 Å². The van der Waals surface area contributed by atoms with Gasteiger partial charge in [-0.15, -0.1) is 0 Å². The maximum absolute atomic E-state index is 12.4. The van der Waals surface area contributed by atoms with Crippen LogP contribution in [0.4, 0.5) is 14.5 Å². The summed E-state index contributed by atoms with van der Waals surface area (Å²) in [5, 5.41) is 17.0. The van der Waals surface area contributed by atoms with E-state index in [1.165, 1.54) is 29.1 Å². The number of nitro groups is 1. The maximum atomic E-state index is 12.4. The van der Waals surface area contributed by atoms with E-state index in [4.69, 9.17) is 4.74 Å². The average Bonchev–Trinajstić information content (AvgIpc) is 3.05. The zero-order chi connectivity index (χ0) is 19.1. The lowest BCUT2D eigenvalue weighted by atomic mass is 10.2. The Morgan fingerprint density at radius 3 is 2.81 bits per heavy atom. The molecule has 0 fully saturated rings. The van der Waals surface area contributed by atoms with E-state index in [9.17, 15) is 23.7 Å². The molecule has 0 saturated heterocycles. The van der Waals surface area contributed by atoms with Gasteiger partial charge in [-0.1, -0.05) is 0 Å². The van der Waals surface area contributed by atoms with Crippen molar-refractivity contribution in [2.75, 3.05) is 13.2 Å². The van der Waals surface area contributed by atoms with E-state index in [0.717, 1.165) is 6.20 Å². The number of rotatable bonds is 9. The number of carbonyl (C=O) groups excluding carboxylic acids is 1.